The van der Waals surface area contributed by atoms with E-state index in [1.54, 1.807) is 18.4 Å². The first kappa shape index (κ1) is 13.5. The van der Waals surface area contributed by atoms with Gasteiger partial charge in [0.25, 0.3) is 0 Å². The molecule has 2 heterocycles. The Bertz CT molecular complexity index is 709. The number of furan rings is 1. The highest BCUT2D eigenvalue weighted by atomic mass is 19.1. The highest BCUT2D eigenvalue weighted by Crippen LogP contribution is 2.27. The lowest BCUT2D eigenvalue weighted by Crippen LogP contribution is -2.02. The minimum atomic E-state index is -0.720. The van der Waals surface area contributed by atoms with E-state index in [1.165, 1.54) is 18.5 Å². The number of H-pyrrole nitrogens is 1. The average molecular weight is 287 g/mol. The van der Waals surface area contributed by atoms with Gasteiger partial charge < -0.3 is 9.52 Å². The summed E-state index contributed by atoms with van der Waals surface area (Å²) in [5.41, 5.74) is 1.60. The Labute approximate surface area is 120 Å². The third kappa shape index (κ3) is 3.00. The van der Waals surface area contributed by atoms with Gasteiger partial charge in [0, 0.05) is 5.56 Å². The van der Waals surface area contributed by atoms with Gasteiger partial charge in [-0.2, -0.15) is 5.10 Å². The molecule has 1 unspecified atom stereocenters. The number of benzene rings is 1. The Kier molecular flexibility index (Phi) is 3.79. The number of nitrogens with one attached hydrogen (secondary N) is 1. The zero-order chi connectivity index (χ0) is 14.7. The van der Waals surface area contributed by atoms with Crippen LogP contribution in [0.3, 0.4) is 0 Å². The highest BCUT2D eigenvalue weighted by Gasteiger charge is 2.14. The maximum Gasteiger partial charge on any atom is 0.153 e. The van der Waals surface area contributed by atoms with E-state index in [0.29, 0.717) is 30.0 Å². The molecule has 6 heteroatoms. The Morgan fingerprint density at radius 3 is 3.00 bits per heavy atom. The van der Waals surface area contributed by atoms with Crippen molar-refractivity contribution < 1.29 is 13.9 Å². The van der Waals surface area contributed by atoms with Gasteiger partial charge in [-0.3, -0.25) is 5.10 Å². The van der Waals surface area contributed by atoms with Gasteiger partial charge in [-0.05, 0) is 36.6 Å². The summed E-state index contributed by atoms with van der Waals surface area (Å²) in [5.74, 6) is 0.751. The molecular weight excluding hydrogens is 273 g/mol. The van der Waals surface area contributed by atoms with Crippen LogP contribution in [0.15, 0.2) is 47.3 Å². The summed E-state index contributed by atoms with van der Waals surface area (Å²) in [5, 5.41) is 16.3. The predicted octanol–water partition coefficient (Wildman–Crippen LogP) is 2.87. The molecule has 0 fully saturated rings. The van der Waals surface area contributed by atoms with Crippen LogP contribution >= 0.6 is 0 Å². The van der Waals surface area contributed by atoms with Crippen molar-refractivity contribution in [3.8, 4) is 11.3 Å². The number of halogens is 1. The largest absolute Gasteiger partial charge is 0.464 e. The second-order valence-corrected chi connectivity index (χ2v) is 4.71. The van der Waals surface area contributed by atoms with E-state index in [4.69, 9.17) is 4.42 Å². The smallest absolute Gasteiger partial charge is 0.153 e. The Balaban J connectivity index is 1.74. The van der Waals surface area contributed by atoms with Crippen molar-refractivity contribution in [1.29, 1.82) is 0 Å². The van der Waals surface area contributed by atoms with E-state index in [2.05, 4.69) is 15.2 Å². The van der Waals surface area contributed by atoms with Crippen LogP contribution in [0.2, 0.25) is 0 Å². The van der Waals surface area contributed by atoms with Crippen molar-refractivity contribution in [2.45, 2.75) is 18.9 Å². The first-order valence-corrected chi connectivity index (χ1v) is 6.59. The Morgan fingerprint density at radius 1 is 1.33 bits per heavy atom. The zero-order valence-corrected chi connectivity index (χ0v) is 11.2. The van der Waals surface area contributed by atoms with Crippen LogP contribution in [-0.4, -0.2) is 20.3 Å². The Morgan fingerprint density at radius 2 is 2.24 bits per heavy atom. The summed E-state index contributed by atoms with van der Waals surface area (Å²) in [6.07, 6.45) is 3.26. The van der Waals surface area contributed by atoms with E-state index in [9.17, 15) is 9.50 Å². The fourth-order valence-corrected chi connectivity index (χ4v) is 2.22. The molecule has 2 aromatic heterocycles. The van der Waals surface area contributed by atoms with Gasteiger partial charge >= 0.3 is 0 Å². The summed E-state index contributed by atoms with van der Waals surface area (Å²) in [7, 11) is 0. The van der Waals surface area contributed by atoms with Crippen LogP contribution in [-0.2, 0) is 6.42 Å². The number of aryl methyl sites for hydroxylation is 1. The van der Waals surface area contributed by atoms with Crippen molar-refractivity contribution in [3.05, 3.63) is 60.1 Å². The summed E-state index contributed by atoms with van der Waals surface area (Å²) in [6, 6.07) is 8.07. The van der Waals surface area contributed by atoms with Gasteiger partial charge in [-0.1, -0.05) is 12.1 Å². The molecule has 0 aliphatic heterocycles. The molecule has 5 nitrogen and oxygen atoms in total. The van der Waals surface area contributed by atoms with Crippen molar-refractivity contribution in [2.24, 2.45) is 0 Å². The summed E-state index contributed by atoms with van der Waals surface area (Å²) < 4.78 is 18.7. The maximum atomic E-state index is 13.3. The summed E-state index contributed by atoms with van der Waals surface area (Å²) in [4.78, 5) is 3.92. The summed E-state index contributed by atoms with van der Waals surface area (Å²) in [6.45, 7) is 0. The molecule has 21 heavy (non-hydrogen) atoms. The molecule has 0 aliphatic rings. The number of aromatic nitrogens is 3. The lowest BCUT2D eigenvalue weighted by atomic mass is 10.0. The van der Waals surface area contributed by atoms with E-state index in [1.807, 2.05) is 6.07 Å². The number of aliphatic hydroxyl groups is 1. The van der Waals surface area contributed by atoms with Crippen LogP contribution < -0.4 is 0 Å². The van der Waals surface area contributed by atoms with Gasteiger partial charge in [0.05, 0.1) is 6.26 Å². The van der Waals surface area contributed by atoms with E-state index in [-0.39, 0.29) is 5.82 Å². The minimum Gasteiger partial charge on any atom is -0.464 e. The third-order valence-corrected chi connectivity index (χ3v) is 3.27. The van der Waals surface area contributed by atoms with Gasteiger partial charge in [-0.15, -0.1) is 0 Å². The monoisotopic (exact) mass is 287 g/mol. The molecule has 0 saturated carbocycles. The van der Waals surface area contributed by atoms with Crippen molar-refractivity contribution in [3.63, 3.8) is 0 Å². The van der Waals surface area contributed by atoms with E-state index >= 15 is 0 Å². The average Bonchev–Trinajstić information content (AvgIpc) is 3.16. The molecule has 0 saturated heterocycles. The van der Waals surface area contributed by atoms with E-state index in [0.717, 1.165) is 5.56 Å². The molecule has 3 aromatic rings. The maximum absolute atomic E-state index is 13.3. The second-order valence-electron chi connectivity index (χ2n) is 4.71. The number of nitrogens with zero attached hydrogens (tertiary/aromatic N) is 2. The van der Waals surface area contributed by atoms with Crippen LogP contribution in [0, 0.1) is 5.82 Å². The van der Waals surface area contributed by atoms with Gasteiger partial charge in [0.15, 0.2) is 5.82 Å². The molecule has 0 spiro atoms. The lowest BCUT2D eigenvalue weighted by Gasteiger charge is -2.07. The molecule has 0 radical (unpaired) electrons. The SMILES string of the molecule is OC(CCc1ccoc1-c1cccc(F)c1)c1ncn[nH]1. The fourth-order valence-electron chi connectivity index (χ4n) is 2.22. The third-order valence-electron chi connectivity index (χ3n) is 3.27. The standard InChI is InChI=1S/C15H14FN3O2/c16-12-3-1-2-11(8-12)14-10(6-7-21-14)4-5-13(20)15-17-9-18-19-15/h1-3,6-9,13,20H,4-5H2,(H,17,18,19). The molecule has 0 bridgehead atoms. The van der Waals surface area contributed by atoms with Gasteiger partial charge in [0.2, 0.25) is 0 Å². The van der Waals surface area contributed by atoms with Gasteiger partial charge in [0.1, 0.15) is 24.0 Å². The molecule has 3 rings (SSSR count). The fraction of sp³-hybridized carbons (Fsp3) is 0.200. The normalized spacial score (nSPS) is 12.5. The zero-order valence-electron chi connectivity index (χ0n) is 11.2. The number of aliphatic hydroxyl groups excluding tert-OH is 1. The Hall–Kier alpha value is -2.47. The predicted molar refractivity (Wildman–Crippen MR) is 73.8 cm³/mol. The first-order valence-electron chi connectivity index (χ1n) is 6.59. The molecule has 108 valence electrons. The second kappa shape index (κ2) is 5.88. The molecule has 0 aliphatic carbocycles. The number of hydrogen-bond donors (Lipinski definition) is 2. The van der Waals surface area contributed by atoms with Crippen molar-refractivity contribution in [1.82, 2.24) is 15.2 Å². The number of hydrogen-bond acceptors (Lipinski definition) is 4. The number of aromatic amines is 1. The van der Waals surface area contributed by atoms with E-state index < -0.39 is 6.10 Å². The topological polar surface area (TPSA) is 74.9 Å². The molecule has 1 aromatic carbocycles. The lowest BCUT2D eigenvalue weighted by molar-refractivity contribution is 0.158. The molecule has 1 atom stereocenters. The quantitative estimate of drug-likeness (QED) is 0.756. The highest BCUT2D eigenvalue weighted by molar-refractivity contribution is 5.61. The minimum absolute atomic E-state index is 0.309. The van der Waals surface area contributed by atoms with Crippen LogP contribution in [0.4, 0.5) is 4.39 Å². The van der Waals surface area contributed by atoms with Crippen molar-refractivity contribution in [2.75, 3.05) is 0 Å². The van der Waals surface area contributed by atoms with Crippen LogP contribution in [0.25, 0.3) is 11.3 Å². The van der Waals surface area contributed by atoms with Crippen LogP contribution in [0.5, 0.6) is 0 Å². The molecule has 2 N–H and O–H groups in total. The van der Waals surface area contributed by atoms with Gasteiger partial charge in [-0.25, -0.2) is 9.37 Å². The first-order chi connectivity index (χ1) is 10.2. The molecule has 0 amide bonds. The number of rotatable bonds is 5. The van der Waals surface area contributed by atoms with Crippen LogP contribution in [0.1, 0.15) is 23.9 Å². The molecular formula is C15H14FN3O2. The van der Waals surface area contributed by atoms with Crippen molar-refractivity contribution >= 4 is 0 Å². The summed E-state index contributed by atoms with van der Waals surface area (Å²) >= 11 is 0.